The predicted octanol–water partition coefficient (Wildman–Crippen LogP) is 2.90. The van der Waals surface area contributed by atoms with Gasteiger partial charge in [0.05, 0.1) is 0 Å². The van der Waals surface area contributed by atoms with Crippen molar-refractivity contribution in [3.05, 3.63) is 35.7 Å². The molecule has 3 rings (SSSR count). The number of imidazole rings is 1. The number of rotatable bonds is 5. The molecule has 1 atom stereocenters. The largest absolute Gasteiger partial charge is 0.361 e. The van der Waals surface area contributed by atoms with E-state index in [1.165, 1.54) is 0 Å². The van der Waals surface area contributed by atoms with E-state index in [0.29, 0.717) is 24.5 Å². The summed E-state index contributed by atoms with van der Waals surface area (Å²) in [7, 11) is -3.44. The van der Waals surface area contributed by atoms with Gasteiger partial charge in [-0.2, -0.15) is 4.31 Å². The van der Waals surface area contributed by atoms with Gasteiger partial charge < -0.3 is 9.09 Å². The minimum absolute atomic E-state index is 0.121. The number of sulfonamides is 1. The Kier molecular flexibility index (Phi) is 5.25. The molecule has 8 heteroatoms. The first kappa shape index (κ1) is 19.1. The number of hydrogen-bond donors (Lipinski definition) is 0. The van der Waals surface area contributed by atoms with Gasteiger partial charge in [0.2, 0.25) is 10.0 Å². The van der Waals surface area contributed by atoms with Gasteiger partial charge in [0.15, 0.2) is 0 Å². The third kappa shape index (κ3) is 4.01. The molecule has 26 heavy (non-hydrogen) atoms. The average molecular weight is 381 g/mol. The van der Waals surface area contributed by atoms with Crippen molar-refractivity contribution in [2.75, 3.05) is 13.1 Å². The van der Waals surface area contributed by atoms with Gasteiger partial charge in [0, 0.05) is 49.4 Å². The van der Waals surface area contributed by atoms with Crippen LogP contribution < -0.4 is 0 Å². The standard InChI is InChI=1S/C18H28N4O3S/c1-5-17-19-8-10-22(17)15-7-6-9-21(12-15)26(23,24)13-14-11-16(25-20-14)18(2,3)4/h8,10-11,15H,5-7,9,12-13H2,1-4H3/t15-/m1/s1. The van der Waals surface area contributed by atoms with Gasteiger partial charge in [-0.3, -0.25) is 0 Å². The van der Waals surface area contributed by atoms with Crippen LogP contribution in [0.5, 0.6) is 0 Å². The van der Waals surface area contributed by atoms with Crippen LogP contribution in [0.1, 0.15) is 63.9 Å². The Labute approximate surface area is 155 Å². The Hall–Kier alpha value is -1.67. The first-order valence-electron chi connectivity index (χ1n) is 9.16. The maximum atomic E-state index is 12.9. The molecule has 0 aliphatic carbocycles. The van der Waals surface area contributed by atoms with E-state index >= 15 is 0 Å². The Bertz CT molecular complexity index is 848. The highest BCUT2D eigenvalue weighted by Crippen LogP contribution is 2.27. The van der Waals surface area contributed by atoms with E-state index in [4.69, 9.17) is 4.52 Å². The zero-order chi connectivity index (χ0) is 18.9. The predicted molar refractivity (Wildman–Crippen MR) is 99.3 cm³/mol. The van der Waals surface area contributed by atoms with Crippen molar-refractivity contribution >= 4 is 10.0 Å². The van der Waals surface area contributed by atoms with E-state index in [1.807, 2.05) is 27.0 Å². The van der Waals surface area contributed by atoms with Crippen LogP contribution in [0.4, 0.5) is 0 Å². The van der Waals surface area contributed by atoms with Crippen molar-refractivity contribution in [3.8, 4) is 0 Å². The summed E-state index contributed by atoms with van der Waals surface area (Å²) in [5.41, 5.74) is 0.275. The lowest BCUT2D eigenvalue weighted by atomic mass is 9.93. The average Bonchev–Trinajstić information content (AvgIpc) is 3.23. The van der Waals surface area contributed by atoms with Crippen molar-refractivity contribution in [3.63, 3.8) is 0 Å². The molecule has 2 aromatic heterocycles. The number of aromatic nitrogens is 3. The van der Waals surface area contributed by atoms with Crippen molar-refractivity contribution in [2.24, 2.45) is 0 Å². The highest BCUT2D eigenvalue weighted by atomic mass is 32.2. The molecule has 0 aromatic carbocycles. The van der Waals surface area contributed by atoms with Gasteiger partial charge in [-0.15, -0.1) is 0 Å². The molecule has 0 spiro atoms. The first-order chi connectivity index (χ1) is 12.2. The number of piperidine rings is 1. The van der Waals surface area contributed by atoms with Crippen molar-refractivity contribution in [2.45, 2.75) is 64.2 Å². The van der Waals surface area contributed by atoms with Gasteiger partial charge in [0.1, 0.15) is 23.0 Å². The fourth-order valence-corrected chi connectivity index (χ4v) is 4.86. The van der Waals surface area contributed by atoms with E-state index in [1.54, 1.807) is 16.6 Å². The molecule has 0 amide bonds. The maximum Gasteiger partial charge on any atom is 0.220 e. The summed E-state index contributed by atoms with van der Waals surface area (Å²) in [5, 5.41) is 3.96. The lowest BCUT2D eigenvalue weighted by Crippen LogP contribution is -2.41. The van der Waals surface area contributed by atoms with E-state index in [2.05, 4.69) is 21.6 Å². The first-order valence-corrected chi connectivity index (χ1v) is 10.8. The Balaban J connectivity index is 1.73. The summed E-state index contributed by atoms with van der Waals surface area (Å²) >= 11 is 0. The molecule has 144 valence electrons. The molecule has 3 heterocycles. The second-order valence-corrected chi connectivity index (χ2v) is 9.92. The summed E-state index contributed by atoms with van der Waals surface area (Å²) in [6.45, 7) is 9.13. The van der Waals surface area contributed by atoms with Crippen LogP contribution >= 0.6 is 0 Å². The zero-order valence-electron chi connectivity index (χ0n) is 16.0. The number of nitrogens with zero attached hydrogens (tertiary/aromatic N) is 4. The fourth-order valence-electron chi connectivity index (χ4n) is 3.36. The molecule has 2 aromatic rings. The quantitative estimate of drug-likeness (QED) is 0.797. The minimum atomic E-state index is -3.44. The lowest BCUT2D eigenvalue weighted by molar-refractivity contribution is 0.262. The van der Waals surface area contributed by atoms with Gasteiger partial charge in [-0.25, -0.2) is 13.4 Å². The fraction of sp³-hybridized carbons (Fsp3) is 0.667. The number of aryl methyl sites for hydroxylation is 1. The van der Waals surface area contributed by atoms with Crippen LogP contribution in [0.15, 0.2) is 23.0 Å². The zero-order valence-corrected chi connectivity index (χ0v) is 16.8. The van der Waals surface area contributed by atoms with Gasteiger partial charge in [0.25, 0.3) is 0 Å². The van der Waals surface area contributed by atoms with Gasteiger partial charge in [-0.1, -0.05) is 32.9 Å². The second kappa shape index (κ2) is 7.15. The summed E-state index contributed by atoms with van der Waals surface area (Å²) in [5.74, 6) is 1.58. The summed E-state index contributed by atoms with van der Waals surface area (Å²) in [6, 6.07) is 1.89. The Morgan fingerprint density at radius 2 is 2.12 bits per heavy atom. The van der Waals surface area contributed by atoms with Crippen LogP contribution in [0, 0.1) is 0 Å². The van der Waals surface area contributed by atoms with Gasteiger partial charge >= 0.3 is 0 Å². The van der Waals surface area contributed by atoms with Crippen LogP contribution in [-0.4, -0.2) is 40.5 Å². The summed E-state index contributed by atoms with van der Waals surface area (Å²) in [6.07, 6.45) is 6.39. The second-order valence-electron chi connectivity index (χ2n) is 7.95. The van der Waals surface area contributed by atoms with E-state index < -0.39 is 10.0 Å². The molecule has 1 fully saturated rings. The minimum Gasteiger partial charge on any atom is -0.361 e. The van der Waals surface area contributed by atoms with Crippen LogP contribution in [-0.2, 0) is 27.6 Å². The number of hydrogen-bond acceptors (Lipinski definition) is 5. The summed E-state index contributed by atoms with van der Waals surface area (Å²) in [4.78, 5) is 4.36. The molecular formula is C18H28N4O3S. The highest BCUT2D eigenvalue weighted by Gasteiger charge is 2.31. The molecule has 7 nitrogen and oxygen atoms in total. The molecule has 1 aliphatic heterocycles. The Morgan fingerprint density at radius 1 is 1.35 bits per heavy atom. The smallest absolute Gasteiger partial charge is 0.220 e. The third-order valence-corrected chi connectivity index (χ3v) is 6.62. The van der Waals surface area contributed by atoms with Gasteiger partial charge in [-0.05, 0) is 12.8 Å². The molecule has 0 radical (unpaired) electrons. The maximum absolute atomic E-state index is 12.9. The van der Waals surface area contributed by atoms with Crippen LogP contribution in [0.2, 0.25) is 0 Å². The third-order valence-electron chi connectivity index (χ3n) is 4.84. The molecule has 0 N–H and O–H groups in total. The van der Waals surface area contributed by atoms with Crippen molar-refractivity contribution in [1.29, 1.82) is 0 Å². The molecular weight excluding hydrogens is 352 g/mol. The molecule has 0 unspecified atom stereocenters. The molecule has 1 aliphatic rings. The van der Waals surface area contributed by atoms with E-state index in [0.717, 1.165) is 25.1 Å². The van der Waals surface area contributed by atoms with E-state index in [-0.39, 0.29) is 17.2 Å². The van der Waals surface area contributed by atoms with Crippen molar-refractivity contribution < 1.29 is 12.9 Å². The van der Waals surface area contributed by atoms with Crippen LogP contribution in [0.25, 0.3) is 0 Å². The van der Waals surface area contributed by atoms with Crippen LogP contribution in [0.3, 0.4) is 0 Å². The normalized spacial score (nSPS) is 19.8. The monoisotopic (exact) mass is 380 g/mol. The molecule has 0 saturated carbocycles. The topological polar surface area (TPSA) is 81.2 Å². The Morgan fingerprint density at radius 3 is 2.77 bits per heavy atom. The molecule has 0 bridgehead atoms. The van der Waals surface area contributed by atoms with E-state index in [9.17, 15) is 8.42 Å². The molecule has 1 saturated heterocycles. The summed E-state index contributed by atoms with van der Waals surface area (Å²) < 4.78 is 34.8. The SMILES string of the molecule is CCc1nccn1[C@@H]1CCCN(S(=O)(=O)Cc2cc(C(C)(C)C)on2)C1. The highest BCUT2D eigenvalue weighted by molar-refractivity contribution is 7.88. The lowest BCUT2D eigenvalue weighted by Gasteiger charge is -2.33. The van der Waals surface area contributed by atoms with Crippen molar-refractivity contribution in [1.82, 2.24) is 19.0 Å².